The highest BCUT2D eigenvalue weighted by molar-refractivity contribution is 6.18. The van der Waals surface area contributed by atoms with Gasteiger partial charge >= 0.3 is 0 Å². The lowest BCUT2D eigenvalue weighted by molar-refractivity contribution is -0.0224. The van der Waals surface area contributed by atoms with Crippen molar-refractivity contribution in [3.63, 3.8) is 0 Å². The molecule has 2 atom stereocenters. The number of hydrogen-bond donors (Lipinski definition) is 3. The van der Waals surface area contributed by atoms with E-state index in [-0.39, 0.29) is 30.4 Å². The van der Waals surface area contributed by atoms with Gasteiger partial charge in [-0.3, -0.25) is 9.59 Å². The van der Waals surface area contributed by atoms with Crippen LogP contribution in [0.2, 0.25) is 0 Å². The summed E-state index contributed by atoms with van der Waals surface area (Å²) in [4.78, 5) is 39.5. The molecule has 0 bridgehead atoms. The number of anilines is 1. The van der Waals surface area contributed by atoms with Gasteiger partial charge in [-0.2, -0.15) is 0 Å². The Hall–Kier alpha value is -3.34. The van der Waals surface area contributed by atoms with E-state index in [9.17, 15) is 14.7 Å². The number of hydrogen-bond acceptors (Lipinski definition) is 8. The fourth-order valence-corrected chi connectivity index (χ4v) is 4.38. The number of rotatable bonds is 6. The van der Waals surface area contributed by atoms with Gasteiger partial charge in [-0.15, -0.1) is 0 Å². The number of carbonyl (C=O) groups excluding carboxylic acids is 2. The molecule has 0 spiro atoms. The summed E-state index contributed by atoms with van der Waals surface area (Å²) in [7, 11) is 0. The normalized spacial score (nSPS) is 20.9. The lowest BCUT2D eigenvalue weighted by Crippen LogP contribution is -2.40. The van der Waals surface area contributed by atoms with Crippen molar-refractivity contribution in [1.29, 1.82) is 0 Å². The zero-order valence-corrected chi connectivity index (χ0v) is 18.7. The molecule has 2 aliphatic rings. The largest absolute Gasteiger partial charge is 0.394 e. The van der Waals surface area contributed by atoms with Gasteiger partial charge in [-0.25, -0.2) is 9.97 Å². The van der Waals surface area contributed by atoms with E-state index in [0.29, 0.717) is 66.5 Å². The molecule has 2 fully saturated rings. The highest BCUT2D eigenvalue weighted by Gasteiger charge is 2.25. The second-order valence-electron chi connectivity index (χ2n) is 8.52. The quantitative estimate of drug-likeness (QED) is 0.468. The SMILES string of the molecule is O=C(c1ccc(C(=O)N2CCOCC2)cc1)c1c[nH]c2ncnc(N[C@@H]3CC[C@@H](CO)OC3)c12. The standard InChI is InChI=1S/C24H27N5O5/c30-12-18-6-5-17(13-34-18)28-23-20-19(11-25-22(20)26-14-27-23)21(31)15-1-3-16(4-2-15)24(32)29-7-9-33-10-8-29/h1-4,11,14,17-18,30H,5-10,12-13H2,(H2,25,26,27,28)/t17-,18+/m1/s1. The Kier molecular flexibility index (Phi) is 6.52. The number of ether oxygens (including phenoxy) is 2. The number of nitrogens with zero attached hydrogens (tertiary/aromatic N) is 3. The third-order valence-corrected chi connectivity index (χ3v) is 6.32. The molecule has 0 unspecified atom stereocenters. The molecule has 0 saturated carbocycles. The number of carbonyl (C=O) groups is 2. The molecule has 2 aromatic heterocycles. The van der Waals surface area contributed by atoms with Crippen molar-refractivity contribution in [1.82, 2.24) is 19.9 Å². The number of nitrogens with one attached hydrogen (secondary N) is 2. The molecule has 5 rings (SSSR count). The van der Waals surface area contributed by atoms with Crippen LogP contribution in [0.25, 0.3) is 11.0 Å². The molecule has 3 aromatic rings. The fraction of sp³-hybridized carbons (Fsp3) is 0.417. The van der Waals surface area contributed by atoms with Gasteiger partial charge in [0, 0.05) is 30.4 Å². The first-order valence-corrected chi connectivity index (χ1v) is 11.5. The highest BCUT2D eigenvalue weighted by Crippen LogP contribution is 2.27. The number of morpholine rings is 1. The predicted octanol–water partition coefficient (Wildman–Crippen LogP) is 1.61. The van der Waals surface area contributed by atoms with E-state index < -0.39 is 0 Å². The Morgan fingerprint density at radius 3 is 2.59 bits per heavy atom. The zero-order chi connectivity index (χ0) is 23.5. The first kappa shape index (κ1) is 22.5. The summed E-state index contributed by atoms with van der Waals surface area (Å²) in [6.45, 7) is 2.67. The number of benzene rings is 1. The monoisotopic (exact) mass is 465 g/mol. The summed E-state index contributed by atoms with van der Waals surface area (Å²) in [6, 6.07) is 6.74. The molecule has 0 aliphatic carbocycles. The Balaban J connectivity index is 1.35. The maximum absolute atomic E-state index is 13.4. The van der Waals surface area contributed by atoms with Gasteiger partial charge in [0.2, 0.25) is 0 Å². The van der Waals surface area contributed by atoms with Crippen LogP contribution in [0, 0.1) is 0 Å². The smallest absolute Gasteiger partial charge is 0.254 e. The van der Waals surface area contributed by atoms with Crippen LogP contribution in [0.3, 0.4) is 0 Å². The first-order valence-electron chi connectivity index (χ1n) is 11.5. The molecule has 178 valence electrons. The van der Waals surface area contributed by atoms with Crippen LogP contribution in [-0.2, 0) is 9.47 Å². The van der Waals surface area contributed by atoms with Crippen molar-refractivity contribution in [2.24, 2.45) is 0 Å². The van der Waals surface area contributed by atoms with E-state index in [1.165, 1.54) is 6.33 Å². The minimum Gasteiger partial charge on any atom is -0.394 e. The van der Waals surface area contributed by atoms with Crippen molar-refractivity contribution in [3.05, 3.63) is 53.5 Å². The van der Waals surface area contributed by atoms with Crippen LogP contribution >= 0.6 is 0 Å². The van der Waals surface area contributed by atoms with E-state index in [4.69, 9.17) is 9.47 Å². The topological polar surface area (TPSA) is 130 Å². The zero-order valence-electron chi connectivity index (χ0n) is 18.7. The Morgan fingerprint density at radius 1 is 1.12 bits per heavy atom. The average Bonchev–Trinajstić information content (AvgIpc) is 3.34. The number of fused-ring (bicyclic) bond motifs is 1. The van der Waals surface area contributed by atoms with Gasteiger partial charge in [0.1, 0.15) is 17.8 Å². The van der Waals surface area contributed by atoms with E-state index in [1.807, 2.05) is 0 Å². The summed E-state index contributed by atoms with van der Waals surface area (Å²) < 4.78 is 11.0. The van der Waals surface area contributed by atoms with Crippen molar-refractivity contribution < 1.29 is 24.2 Å². The summed E-state index contributed by atoms with van der Waals surface area (Å²) in [5.74, 6) is 0.312. The molecule has 1 aromatic carbocycles. The van der Waals surface area contributed by atoms with E-state index >= 15 is 0 Å². The number of aliphatic hydroxyl groups is 1. The summed E-state index contributed by atoms with van der Waals surface area (Å²) in [6.07, 6.45) is 4.52. The number of amides is 1. The summed E-state index contributed by atoms with van der Waals surface area (Å²) in [5, 5.41) is 13.3. The van der Waals surface area contributed by atoms with Crippen molar-refractivity contribution >= 4 is 28.5 Å². The van der Waals surface area contributed by atoms with Crippen LogP contribution in [0.5, 0.6) is 0 Å². The van der Waals surface area contributed by atoms with Crippen LogP contribution in [0.1, 0.15) is 39.1 Å². The van der Waals surface area contributed by atoms with E-state index in [0.717, 1.165) is 12.8 Å². The van der Waals surface area contributed by atoms with Crippen LogP contribution in [-0.4, -0.2) is 88.3 Å². The maximum Gasteiger partial charge on any atom is 0.254 e. The Morgan fingerprint density at radius 2 is 1.88 bits per heavy atom. The molecule has 0 radical (unpaired) electrons. The number of H-pyrrole nitrogens is 1. The van der Waals surface area contributed by atoms with Crippen molar-refractivity contribution in [2.75, 3.05) is 44.8 Å². The highest BCUT2D eigenvalue weighted by atomic mass is 16.5. The van der Waals surface area contributed by atoms with Gasteiger partial charge < -0.3 is 29.8 Å². The molecule has 3 N–H and O–H groups in total. The fourth-order valence-electron chi connectivity index (χ4n) is 4.38. The molecular weight excluding hydrogens is 438 g/mol. The van der Waals surface area contributed by atoms with Crippen molar-refractivity contribution in [2.45, 2.75) is 25.0 Å². The Bertz CT molecular complexity index is 1160. The minimum atomic E-state index is -0.185. The molecule has 2 aliphatic heterocycles. The summed E-state index contributed by atoms with van der Waals surface area (Å²) >= 11 is 0. The van der Waals surface area contributed by atoms with Crippen LogP contribution in [0.15, 0.2) is 36.8 Å². The first-order chi connectivity index (χ1) is 16.6. The molecule has 4 heterocycles. The maximum atomic E-state index is 13.4. The molecule has 34 heavy (non-hydrogen) atoms. The molecule has 10 heteroatoms. The third-order valence-electron chi connectivity index (χ3n) is 6.32. The van der Waals surface area contributed by atoms with Crippen LogP contribution < -0.4 is 5.32 Å². The second-order valence-corrected chi connectivity index (χ2v) is 8.52. The molecule has 1 amide bonds. The lowest BCUT2D eigenvalue weighted by Gasteiger charge is -2.29. The second kappa shape index (κ2) is 9.88. The third kappa shape index (κ3) is 4.52. The van der Waals surface area contributed by atoms with Crippen LogP contribution in [0.4, 0.5) is 5.82 Å². The molecular formula is C24H27N5O5. The van der Waals surface area contributed by atoms with Gasteiger partial charge in [0.15, 0.2) is 5.78 Å². The van der Waals surface area contributed by atoms with Gasteiger partial charge in [0.25, 0.3) is 5.91 Å². The number of aromatic nitrogens is 3. The van der Waals surface area contributed by atoms with Gasteiger partial charge in [-0.05, 0) is 25.0 Å². The molecule has 2 saturated heterocycles. The average molecular weight is 466 g/mol. The Labute approximate surface area is 196 Å². The van der Waals surface area contributed by atoms with E-state index in [1.54, 1.807) is 35.4 Å². The number of ketones is 1. The number of aromatic amines is 1. The molecule has 10 nitrogen and oxygen atoms in total. The van der Waals surface area contributed by atoms with Gasteiger partial charge in [0.05, 0.1) is 49.5 Å². The van der Waals surface area contributed by atoms with Gasteiger partial charge in [-0.1, -0.05) is 12.1 Å². The van der Waals surface area contributed by atoms with E-state index in [2.05, 4.69) is 20.3 Å². The number of aliphatic hydroxyl groups excluding tert-OH is 1. The lowest BCUT2D eigenvalue weighted by atomic mass is 10.0. The predicted molar refractivity (Wildman–Crippen MR) is 124 cm³/mol. The van der Waals surface area contributed by atoms with Crippen molar-refractivity contribution in [3.8, 4) is 0 Å². The minimum absolute atomic E-state index is 0.0117. The summed E-state index contributed by atoms with van der Waals surface area (Å²) in [5.41, 5.74) is 2.03.